The van der Waals surface area contributed by atoms with Crippen molar-refractivity contribution in [2.75, 3.05) is 0 Å². The molecule has 2 heterocycles. The van der Waals surface area contributed by atoms with Gasteiger partial charge in [-0.15, -0.1) is 10.2 Å². The van der Waals surface area contributed by atoms with Crippen LogP contribution >= 0.6 is 11.3 Å². The number of primary sulfonamides is 1. The highest BCUT2D eigenvalue weighted by Gasteiger charge is 2.23. The highest BCUT2D eigenvalue weighted by Crippen LogP contribution is 2.25. The molecule has 0 amide bonds. The first-order valence-corrected chi connectivity index (χ1v) is 10.2. The van der Waals surface area contributed by atoms with Gasteiger partial charge in [0.15, 0.2) is 9.84 Å². The monoisotopic (exact) mass is 370 g/mol. The molecule has 0 aliphatic heterocycles. The fraction of sp³-hybridized carbons (Fsp3) is 0.0833. The van der Waals surface area contributed by atoms with E-state index < -0.39 is 30.0 Å². The molecule has 2 N–H and O–H groups in total. The van der Waals surface area contributed by atoms with Crippen molar-refractivity contribution in [2.24, 2.45) is 5.14 Å². The number of benzene rings is 1. The molecule has 23 heavy (non-hydrogen) atoms. The molecule has 0 unspecified atom stereocenters. The zero-order valence-electron chi connectivity index (χ0n) is 11.4. The average molecular weight is 370 g/mol. The van der Waals surface area contributed by atoms with E-state index in [0.29, 0.717) is 22.2 Å². The average Bonchev–Trinajstić information content (AvgIpc) is 2.94. The van der Waals surface area contributed by atoms with Crippen LogP contribution < -0.4 is 5.14 Å². The summed E-state index contributed by atoms with van der Waals surface area (Å²) < 4.78 is 47.1. The van der Waals surface area contributed by atoms with Gasteiger partial charge in [-0.1, -0.05) is 29.5 Å². The molecule has 0 bridgehead atoms. The molecule has 2 aromatic heterocycles. The fourth-order valence-corrected chi connectivity index (χ4v) is 5.24. The van der Waals surface area contributed by atoms with E-state index in [2.05, 4.69) is 15.2 Å². The molecule has 3 aromatic rings. The van der Waals surface area contributed by atoms with Gasteiger partial charge in [0.25, 0.3) is 10.0 Å². The third-order valence-electron chi connectivity index (χ3n) is 2.94. The Balaban J connectivity index is 2.03. The molecule has 0 saturated carbocycles. The standard InChI is InChI=1S/C12H10N4O4S3/c13-23(19,20)12-16-15-10(21-12)7-22(17,18)9-5-1-3-8-4-2-6-14-11(8)9/h1-6H,7H2,(H2,13,19,20). The lowest BCUT2D eigenvalue weighted by molar-refractivity contribution is 0.595. The van der Waals surface area contributed by atoms with Crippen molar-refractivity contribution in [3.63, 3.8) is 0 Å². The van der Waals surface area contributed by atoms with E-state index in [1.54, 1.807) is 24.3 Å². The molecule has 0 aliphatic carbocycles. The number of hydrogen-bond donors (Lipinski definition) is 1. The van der Waals surface area contributed by atoms with Gasteiger partial charge in [-0.05, 0) is 12.1 Å². The first-order chi connectivity index (χ1) is 10.8. The van der Waals surface area contributed by atoms with Gasteiger partial charge in [0, 0.05) is 11.6 Å². The Kier molecular flexibility index (Phi) is 3.88. The maximum absolute atomic E-state index is 12.6. The number of para-hydroxylation sites is 1. The predicted molar refractivity (Wildman–Crippen MR) is 83.9 cm³/mol. The summed E-state index contributed by atoms with van der Waals surface area (Å²) in [5.41, 5.74) is 0.353. The van der Waals surface area contributed by atoms with Gasteiger partial charge in [-0.25, -0.2) is 22.0 Å². The van der Waals surface area contributed by atoms with Crippen molar-refractivity contribution in [1.82, 2.24) is 15.2 Å². The molecule has 0 spiro atoms. The maximum Gasteiger partial charge on any atom is 0.267 e. The normalized spacial score (nSPS) is 12.6. The van der Waals surface area contributed by atoms with E-state index in [4.69, 9.17) is 5.14 Å². The number of rotatable bonds is 4. The van der Waals surface area contributed by atoms with Crippen LogP contribution in [-0.2, 0) is 25.6 Å². The number of aromatic nitrogens is 3. The van der Waals surface area contributed by atoms with Crippen LogP contribution in [0.4, 0.5) is 0 Å². The lowest BCUT2D eigenvalue weighted by atomic mass is 10.2. The Bertz CT molecular complexity index is 1080. The number of sulfonamides is 1. The lowest BCUT2D eigenvalue weighted by Crippen LogP contribution is -2.11. The van der Waals surface area contributed by atoms with Crippen LogP contribution in [0.5, 0.6) is 0 Å². The molecular formula is C12H10N4O4S3. The Labute approximate surface area is 136 Å². The van der Waals surface area contributed by atoms with Crippen LogP contribution in [0.25, 0.3) is 10.9 Å². The summed E-state index contributed by atoms with van der Waals surface area (Å²) in [6.07, 6.45) is 1.51. The van der Waals surface area contributed by atoms with Gasteiger partial charge in [0.2, 0.25) is 4.34 Å². The molecule has 0 radical (unpaired) electrons. The Hall–Kier alpha value is -1.95. The molecule has 0 atom stereocenters. The summed E-state index contributed by atoms with van der Waals surface area (Å²) >= 11 is 0.632. The van der Waals surface area contributed by atoms with E-state index in [0.717, 1.165) is 0 Å². The minimum Gasteiger partial charge on any atom is -0.255 e. The largest absolute Gasteiger partial charge is 0.267 e. The molecule has 0 fully saturated rings. The zero-order valence-corrected chi connectivity index (χ0v) is 13.9. The zero-order chi connectivity index (χ0) is 16.7. The summed E-state index contributed by atoms with van der Waals surface area (Å²) in [5.74, 6) is -0.476. The Morgan fingerprint density at radius 2 is 1.78 bits per heavy atom. The van der Waals surface area contributed by atoms with Gasteiger partial charge < -0.3 is 0 Å². The second kappa shape index (κ2) is 5.60. The van der Waals surface area contributed by atoms with Gasteiger partial charge in [-0.3, -0.25) is 4.98 Å². The number of nitrogens with zero attached hydrogens (tertiary/aromatic N) is 3. The maximum atomic E-state index is 12.6. The van der Waals surface area contributed by atoms with Crippen LogP contribution in [0.2, 0.25) is 0 Å². The Morgan fingerprint density at radius 3 is 2.48 bits per heavy atom. The van der Waals surface area contributed by atoms with Crippen LogP contribution in [0.1, 0.15) is 5.01 Å². The van der Waals surface area contributed by atoms with E-state index in [1.807, 2.05) is 0 Å². The third-order valence-corrected chi connectivity index (χ3v) is 7.00. The molecule has 8 nitrogen and oxygen atoms in total. The lowest BCUT2D eigenvalue weighted by Gasteiger charge is -2.05. The summed E-state index contributed by atoms with van der Waals surface area (Å²) in [5, 5.41) is 12.7. The van der Waals surface area contributed by atoms with Gasteiger partial charge in [0.1, 0.15) is 10.8 Å². The van der Waals surface area contributed by atoms with E-state index in [-0.39, 0.29) is 9.90 Å². The van der Waals surface area contributed by atoms with Crippen LogP contribution in [0.3, 0.4) is 0 Å². The number of nitrogens with two attached hydrogens (primary N) is 1. The molecule has 0 saturated heterocycles. The SMILES string of the molecule is NS(=O)(=O)c1nnc(CS(=O)(=O)c2cccc3cccnc23)s1. The second-order valence-corrected chi connectivity index (χ2v) is 9.35. The summed E-state index contributed by atoms with van der Waals surface area (Å²) in [6, 6.07) is 8.29. The van der Waals surface area contributed by atoms with Gasteiger partial charge in [0.05, 0.1) is 10.4 Å². The molecule has 1 aromatic carbocycles. The summed E-state index contributed by atoms with van der Waals surface area (Å²) in [6.45, 7) is 0. The molecule has 3 rings (SSSR count). The molecule has 0 aliphatic rings. The quantitative estimate of drug-likeness (QED) is 0.715. The second-order valence-electron chi connectivity index (χ2n) is 4.60. The highest BCUT2D eigenvalue weighted by atomic mass is 32.2. The van der Waals surface area contributed by atoms with Crippen molar-refractivity contribution < 1.29 is 16.8 Å². The van der Waals surface area contributed by atoms with Gasteiger partial charge in [-0.2, -0.15) is 0 Å². The number of pyridine rings is 1. The van der Waals surface area contributed by atoms with Crippen molar-refractivity contribution in [3.05, 3.63) is 41.5 Å². The fourth-order valence-electron chi connectivity index (χ4n) is 1.98. The first-order valence-electron chi connectivity index (χ1n) is 6.19. The van der Waals surface area contributed by atoms with E-state index in [9.17, 15) is 16.8 Å². The van der Waals surface area contributed by atoms with Crippen molar-refractivity contribution in [2.45, 2.75) is 15.0 Å². The number of fused-ring (bicyclic) bond motifs is 1. The summed E-state index contributed by atoms with van der Waals surface area (Å²) in [4.78, 5) is 4.16. The minimum atomic E-state index is -4.00. The number of sulfone groups is 1. The minimum absolute atomic E-state index is 0.0435. The highest BCUT2D eigenvalue weighted by molar-refractivity contribution is 7.92. The van der Waals surface area contributed by atoms with Crippen LogP contribution in [-0.4, -0.2) is 32.0 Å². The molecule has 11 heteroatoms. The number of hydrogen-bond acceptors (Lipinski definition) is 8. The predicted octanol–water partition coefficient (Wildman–Crippen LogP) is 0.708. The van der Waals surface area contributed by atoms with Crippen molar-refractivity contribution in [3.8, 4) is 0 Å². The third kappa shape index (κ3) is 3.22. The Morgan fingerprint density at radius 1 is 1.04 bits per heavy atom. The summed E-state index contributed by atoms with van der Waals surface area (Å²) in [7, 11) is -7.76. The van der Waals surface area contributed by atoms with Gasteiger partial charge >= 0.3 is 0 Å². The molecular weight excluding hydrogens is 360 g/mol. The van der Waals surface area contributed by atoms with Crippen molar-refractivity contribution >= 4 is 42.1 Å². The first kappa shape index (κ1) is 15.9. The van der Waals surface area contributed by atoms with Crippen LogP contribution in [0.15, 0.2) is 45.8 Å². The smallest absolute Gasteiger partial charge is 0.255 e. The van der Waals surface area contributed by atoms with Crippen LogP contribution in [0, 0.1) is 0 Å². The molecule has 120 valence electrons. The van der Waals surface area contributed by atoms with E-state index in [1.165, 1.54) is 12.3 Å². The topological polar surface area (TPSA) is 133 Å². The van der Waals surface area contributed by atoms with Crippen molar-refractivity contribution in [1.29, 1.82) is 0 Å². The van der Waals surface area contributed by atoms with E-state index >= 15 is 0 Å².